The quantitative estimate of drug-likeness (QED) is 0.816. The van der Waals surface area contributed by atoms with Gasteiger partial charge in [-0.3, -0.25) is 4.98 Å². The van der Waals surface area contributed by atoms with Crippen molar-refractivity contribution < 1.29 is 5.21 Å². The molecular weight excluding hydrogens is 276 g/mol. The van der Waals surface area contributed by atoms with Gasteiger partial charge in [-0.15, -0.1) is 0 Å². The number of halogens is 2. The first-order valence-electron chi connectivity index (χ1n) is 2.91. The summed E-state index contributed by atoms with van der Waals surface area (Å²) in [5.41, 5.74) is 2.81. The van der Waals surface area contributed by atoms with Crippen LogP contribution in [-0.4, -0.2) is 10.2 Å². The fourth-order valence-electron chi connectivity index (χ4n) is 0.648. The Morgan fingerprint density at radius 1 is 1.55 bits per heavy atom. The molecule has 0 unspecified atom stereocenters. The van der Waals surface area contributed by atoms with Gasteiger partial charge in [-0.2, -0.15) is 5.48 Å². The number of rotatable bonds is 2. The molecule has 0 aromatic carbocycles. The molecule has 11 heavy (non-hydrogen) atoms. The van der Waals surface area contributed by atoms with E-state index in [9.17, 15) is 0 Å². The molecule has 0 amide bonds. The molecule has 0 bridgehead atoms. The standard InChI is InChI=1S/C6H6Br2N2O/c7-4-1-5(8)6(3-10-11)9-2-4/h1-2,10-11H,3H2. The van der Waals surface area contributed by atoms with Crippen molar-refractivity contribution in [2.45, 2.75) is 6.54 Å². The normalized spacial score (nSPS) is 10.1. The first kappa shape index (κ1) is 9.12. The molecule has 1 aromatic rings. The van der Waals surface area contributed by atoms with Crippen molar-refractivity contribution in [2.75, 3.05) is 0 Å². The smallest absolute Gasteiger partial charge is 0.0707 e. The van der Waals surface area contributed by atoms with E-state index in [1.54, 1.807) is 6.20 Å². The van der Waals surface area contributed by atoms with E-state index in [-0.39, 0.29) is 0 Å². The summed E-state index contributed by atoms with van der Waals surface area (Å²) in [5, 5.41) is 8.39. The zero-order chi connectivity index (χ0) is 8.27. The summed E-state index contributed by atoms with van der Waals surface area (Å²) in [7, 11) is 0. The van der Waals surface area contributed by atoms with E-state index in [4.69, 9.17) is 5.21 Å². The second-order valence-corrected chi connectivity index (χ2v) is 3.69. The van der Waals surface area contributed by atoms with Crippen LogP contribution in [0.5, 0.6) is 0 Å². The molecule has 0 radical (unpaired) electrons. The lowest BCUT2D eigenvalue weighted by Crippen LogP contribution is -2.08. The number of nitrogens with one attached hydrogen (secondary N) is 1. The molecular formula is C6H6Br2N2O. The van der Waals surface area contributed by atoms with E-state index < -0.39 is 0 Å². The van der Waals surface area contributed by atoms with Gasteiger partial charge in [-0.05, 0) is 37.9 Å². The lowest BCUT2D eigenvalue weighted by Gasteiger charge is -2.00. The molecule has 1 aromatic heterocycles. The first-order valence-corrected chi connectivity index (χ1v) is 4.49. The van der Waals surface area contributed by atoms with Crippen LogP contribution in [0.1, 0.15) is 5.69 Å². The van der Waals surface area contributed by atoms with E-state index in [1.807, 2.05) is 11.5 Å². The van der Waals surface area contributed by atoms with Gasteiger partial charge in [0.2, 0.25) is 0 Å². The lowest BCUT2D eigenvalue weighted by molar-refractivity contribution is 0.160. The van der Waals surface area contributed by atoms with Gasteiger partial charge in [0, 0.05) is 15.1 Å². The van der Waals surface area contributed by atoms with Crippen molar-refractivity contribution in [3.8, 4) is 0 Å². The Hall–Kier alpha value is 0.0300. The van der Waals surface area contributed by atoms with Gasteiger partial charge in [-0.25, -0.2) is 0 Å². The molecule has 0 aliphatic carbocycles. The highest BCUT2D eigenvalue weighted by Gasteiger charge is 1.99. The fraction of sp³-hybridized carbons (Fsp3) is 0.167. The zero-order valence-electron chi connectivity index (χ0n) is 5.51. The van der Waals surface area contributed by atoms with Crippen molar-refractivity contribution in [1.29, 1.82) is 0 Å². The van der Waals surface area contributed by atoms with E-state index in [0.29, 0.717) is 6.54 Å². The summed E-state index contributed by atoms with van der Waals surface area (Å²) >= 11 is 6.58. The van der Waals surface area contributed by atoms with E-state index in [0.717, 1.165) is 14.6 Å². The van der Waals surface area contributed by atoms with Gasteiger partial charge in [0.25, 0.3) is 0 Å². The van der Waals surface area contributed by atoms with E-state index in [2.05, 4.69) is 36.8 Å². The largest absolute Gasteiger partial charge is 0.316 e. The molecule has 3 nitrogen and oxygen atoms in total. The summed E-state index contributed by atoms with van der Waals surface area (Å²) in [5.74, 6) is 0. The Kier molecular flexibility index (Phi) is 3.45. The molecule has 0 saturated carbocycles. The summed E-state index contributed by atoms with van der Waals surface area (Å²) in [6.07, 6.45) is 1.68. The monoisotopic (exact) mass is 280 g/mol. The average Bonchev–Trinajstić information content (AvgIpc) is 1.95. The third-order valence-corrected chi connectivity index (χ3v) is 2.25. The SMILES string of the molecule is ONCc1ncc(Br)cc1Br. The number of nitrogens with zero attached hydrogens (tertiary/aromatic N) is 1. The number of pyridine rings is 1. The molecule has 1 rings (SSSR count). The minimum absolute atomic E-state index is 0.341. The van der Waals surface area contributed by atoms with Gasteiger partial charge in [0.1, 0.15) is 0 Å². The van der Waals surface area contributed by atoms with Crippen LogP contribution in [0.15, 0.2) is 21.2 Å². The molecule has 5 heteroatoms. The number of hydrogen-bond donors (Lipinski definition) is 2. The van der Waals surface area contributed by atoms with Crippen LogP contribution in [0.3, 0.4) is 0 Å². The highest BCUT2D eigenvalue weighted by molar-refractivity contribution is 9.11. The summed E-state index contributed by atoms with van der Waals surface area (Å²) < 4.78 is 1.78. The van der Waals surface area contributed by atoms with Gasteiger partial charge < -0.3 is 5.21 Å². The van der Waals surface area contributed by atoms with Crippen LogP contribution < -0.4 is 5.48 Å². The second-order valence-electron chi connectivity index (χ2n) is 1.92. The number of aromatic nitrogens is 1. The Balaban J connectivity index is 2.90. The maximum Gasteiger partial charge on any atom is 0.0707 e. The Morgan fingerprint density at radius 2 is 2.27 bits per heavy atom. The van der Waals surface area contributed by atoms with Gasteiger partial charge >= 0.3 is 0 Å². The minimum Gasteiger partial charge on any atom is -0.316 e. The summed E-state index contributed by atoms with van der Waals surface area (Å²) in [4.78, 5) is 4.05. The number of hydroxylamine groups is 1. The highest BCUT2D eigenvalue weighted by atomic mass is 79.9. The minimum atomic E-state index is 0.341. The average molecular weight is 282 g/mol. The second kappa shape index (κ2) is 4.15. The molecule has 0 aliphatic rings. The molecule has 0 atom stereocenters. The third kappa shape index (κ3) is 2.52. The number of hydrogen-bond acceptors (Lipinski definition) is 3. The van der Waals surface area contributed by atoms with Crippen LogP contribution in [0.4, 0.5) is 0 Å². The molecule has 1 heterocycles. The van der Waals surface area contributed by atoms with Crippen LogP contribution in [0.25, 0.3) is 0 Å². The predicted octanol–water partition coefficient (Wildman–Crippen LogP) is 2.09. The van der Waals surface area contributed by atoms with Crippen molar-refractivity contribution in [2.24, 2.45) is 0 Å². The summed E-state index contributed by atoms with van der Waals surface area (Å²) in [6.45, 7) is 0.341. The van der Waals surface area contributed by atoms with Gasteiger partial charge in [0.05, 0.1) is 12.2 Å². The third-order valence-electron chi connectivity index (χ3n) is 1.13. The lowest BCUT2D eigenvalue weighted by atomic mass is 10.3. The van der Waals surface area contributed by atoms with Crippen molar-refractivity contribution in [3.05, 3.63) is 26.9 Å². The van der Waals surface area contributed by atoms with Crippen LogP contribution in [0.2, 0.25) is 0 Å². The Bertz CT molecular complexity index is 254. The Labute approximate surface area is 81.0 Å². The maximum atomic E-state index is 8.39. The first-order chi connectivity index (χ1) is 5.24. The zero-order valence-corrected chi connectivity index (χ0v) is 8.68. The highest BCUT2D eigenvalue weighted by Crippen LogP contribution is 2.18. The molecule has 0 aliphatic heterocycles. The van der Waals surface area contributed by atoms with Crippen LogP contribution >= 0.6 is 31.9 Å². The van der Waals surface area contributed by atoms with Crippen molar-refractivity contribution in [3.63, 3.8) is 0 Å². The molecule has 0 saturated heterocycles. The van der Waals surface area contributed by atoms with Gasteiger partial charge in [-0.1, -0.05) is 0 Å². The van der Waals surface area contributed by atoms with Gasteiger partial charge in [0.15, 0.2) is 0 Å². The molecule has 2 N–H and O–H groups in total. The fourth-order valence-corrected chi connectivity index (χ4v) is 1.78. The molecule has 0 fully saturated rings. The topological polar surface area (TPSA) is 45.1 Å². The van der Waals surface area contributed by atoms with Crippen molar-refractivity contribution in [1.82, 2.24) is 10.5 Å². The van der Waals surface area contributed by atoms with Crippen LogP contribution in [-0.2, 0) is 6.54 Å². The maximum absolute atomic E-state index is 8.39. The van der Waals surface area contributed by atoms with Crippen molar-refractivity contribution >= 4 is 31.9 Å². The van der Waals surface area contributed by atoms with E-state index >= 15 is 0 Å². The van der Waals surface area contributed by atoms with Crippen LogP contribution in [0, 0.1) is 0 Å². The molecule has 0 spiro atoms. The predicted molar refractivity (Wildman–Crippen MR) is 48.3 cm³/mol. The Morgan fingerprint density at radius 3 is 2.82 bits per heavy atom. The summed E-state index contributed by atoms with van der Waals surface area (Å²) in [6, 6.07) is 1.87. The van der Waals surface area contributed by atoms with E-state index in [1.165, 1.54) is 0 Å². The molecule has 60 valence electrons.